The van der Waals surface area contributed by atoms with Crippen LogP contribution in [0.3, 0.4) is 0 Å². The van der Waals surface area contributed by atoms with Crippen LogP contribution in [-0.2, 0) is 0 Å². The van der Waals surface area contributed by atoms with Crippen LogP contribution in [0.15, 0.2) is 30.5 Å². The molecule has 1 saturated carbocycles. The topological polar surface area (TPSA) is 74.6 Å². The van der Waals surface area contributed by atoms with Crippen molar-refractivity contribution in [3.63, 3.8) is 0 Å². The summed E-state index contributed by atoms with van der Waals surface area (Å²) in [5.41, 5.74) is -0.240. The molecular weight excluding hydrogens is 435 g/mol. The van der Waals surface area contributed by atoms with E-state index in [2.05, 4.69) is 20.7 Å². The van der Waals surface area contributed by atoms with Crippen LogP contribution in [0.2, 0.25) is 0 Å². The summed E-state index contributed by atoms with van der Waals surface area (Å²) in [5, 5.41) is 7.88. The Kier molecular flexibility index (Phi) is 4.68. The van der Waals surface area contributed by atoms with Crippen LogP contribution in [0.1, 0.15) is 30.9 Å². The second kappa shape index (κ2) is 7.31. The molecule has 2 fully saturated rings. The van der Waals surface area contributed by atoms with Gasteiger partial charge in [0.15, 0.2) is 5.65 Å². The van der Waals surface area contributed by atoms with E-state index in [1.54, 1.807) is 11.0 Å². The van der Waals surface area contributed by atoms with Crippen LogP contribution >= 0.6 is 0 Å². The van der Waals surface area contributed by atoms with E-state index in [4.69, 9.17) is 0 Å². The van der Waals surface area contributed by atoms with Crippen molar-refractivity contribution < 1.29 is 26.7 Å². The molecule has 2 aromatic heterocycles. The molecule has 0 radical (unpaired) electrons. The number of carbonyl (C=O) groups excluding carboxylic acids is 1. The fraction of sp³-hybridized carbons (Fsp3) is 0.350. The number of aromatic nitrogens is 3. The molecule has 1 aromatic carbocycles. The number of nitrogens with zero attached hydrogens (tertiary/aromatic N) is 4. The molecule has 1 aliphatic heterocycles. The Morgan fingerprint density at radius 1 is 1.19 bits per heavy atom. The maximum atomic E-state index is 14.4. The molecule has 3 heterocycles. The molecule has 2 aliphatic rings. The third-order valence-electron chi connectivity index (χ3n) is 5.66. The number of halogens is 5. The molecular formula is C20H17F5N6O. The van der Waals surface area contributed by atoms with Crippen LogP contribution < -0.4 is 15.5 Å². The highest BCUT2D eigenvalue weighted by Gasteiger charge is 2.58. The number of fused-ring (bicyclic) bond motifs is 1. The largest absolute Gasteiger partial charge is 0.349 e. The Morgan fingerprint density at radius 3 is 2.72 bits per heavy atom. The number of anilines is 2. The lowest BCUT2D eigenvalue weighted by atomic mass is 10.0. The highest BCUT2D eigenvalue weighted by atomic mass is 19.3. The molecule has 2 atom stereocenters. The lowest BCUT2D eigenvalue weighted by Gasteiger charge is -2.26. The van der Waals surface area contributed by atoms with Crippen molar-refractivity contribution in [3.05, 3.63) is 53.6 Å². The predicted molar refractivity (Wildman–Crippen MR) is 104 cm³/mol. The summed E-state index contributed by atoms with van der Waals surface area (Å²) in [7, 11) is 0. The van der Waals surface area contributed by atoms with Gasteiger partial charge in [0, 0.05) is 24.7 Å². The predicted octanol–water partition coefficient (Wildman–Crippen LogP) is 4.02. The summed E-state index contributed by atoms with van der Waals surface area (Å²) in [6, 6.07) is 2.00. The van der Waals surface area contributed by atoms with Gasteiger partial charge >= 0.3 is 6.03 Å². The Labute approximate surface area is 178 Å². The Bertz CT molecular complexity index is 1210. The summed E-state index contributed by atoms with van der Waals surface area (Å²) >= 11 is 0. The van der Waals surface area contributed by atoms with Crippen LogP contribution in [0.4, 0.5) is 38.3 Å². The molecule has 168 valence electrons. The standard InChI is InChI=1S/C20H17F5N6O/c21-10-3-4-12(22)11(8-10)13-2-1-6-30(13)15-5-7-31-18(27-15)16(17(23)29-31)28-19(32)26-14-9-20(14,24)25/h3-5,7-8,13-14H,1-2,6,9H2,(H2,26,28,32)/t13-,14?/m1/s1. The average Bonchev–Trinajstić information content (AvgIpc) is 3.09. The minimum atomic E-state index is -2.97. The normalized spacial score (nSPS) is 21.7. The van der Waals surface area contributed by atoms with E-state index >= 15 is 0 Å². The third-order valence-corrected chi connectivity index (χ3v) is 5.66. The monoisotopic (exact) mass is 452 g/mol. The molecule has 7 nitrogen and oxygen atoms in total. The number of hydrogen-bond donors (Lipinski definition) is 2. The van der Waals surface area contributed by atoms with Gasteiger partial charge in [-0.1, -0.05) is 0 Å². The van der Waals surface area contributed by atoms with Crippen LogP contribution in [0.25, 0.3) is 5.65 Å². The molecule has 2 N–H and O–H groups in total. The maximum Gasteiger partial charge on any atom is 0.319 e. The quantitative estimate of drug-likeness (QED) is 0.587. The highest BCUT2D eigenvalue weighted by molar-refractivity contribution is 5.93. The summed E-state index contributed by atoms with van der Waals surface area (Å²) in [6.07, 6.45) is 2.19. The first kappa shape index (κ1) is 20.5. The van der Waals surface area contributed by atoms with Crippen molar-refractivity contribution in [2.45, 2.75) is 37.3 Å². The SMILES string of the molecule is O=C(Nc1c(F)nn2ccc(N3CCC[C@@H]3c3cc(F)ccc3F)nc12)NC1CC1(F)F. The van der Waals surface area contributed by atoms with Crippen molar-refractivity contribution in [1.82, 2.24) is 19.9 Å². The number of urea groups is 1. The Hall–Kier alpha value is -3.44. The molecule has 32 heavy (non-hydrogen) atoms. The zero-order chi connectivity index (χ0) is 22.6. The summed E-state index contributed by atoms with van der Waals surface area (Å²) < 4.78 is 69.6. The molecule has 12 heteroatoms. The van der Waals surface area contributed by atoms with Gasteiger partial charge in [0.05, 0.1) is 6.04 Å². The number of amides is 2. The highest BCUT2D eigenvalue weighted by Crippen LogP contribution is 2.41. The number of rotatable bonds is 4. The van der Waals surface area contributed by atoms with Gasteiger partial charge in [0.2, 0.25) is 0 Å². The number of nitrogens with one attached hydrogen (secondary N) is 2. The molecule has 0 spiro atoms. The summed E-state index contributed by atoms with van der Waals surface area (Å²) in [5.74, 6) is -4.77. The van der Waals surface area contributed by atoms with Gasteiger partial charge in [0.1, 0.15) is 29.2 Å². The van der Waals surface area contributed by atoms with Gasteiger partial charge in [-0.2, -0.15) is 4.39 Å². The van der Waals surface area contributed by atoms with E-state index in [9.17, 15) is 26.7 Å². The first-order chi connectivity index (χ1) is 15.2. The zero-order valence-corrected chi connectivity index (χ0v) is 16.5. The Morgan fingerprint density at radius 2 is 1.97 bits per heavy atom. The fourth-order valence-corrected chi connectivity index (χ4v) is 3.97. The minimum absolute atomic E-state index is 0.0527. The number of benzene rings is 1. The second-order valence-corrected chi connectivity index (χ2v) is 7.85. The molecule has 0 bridgehead atoms. The number of carbonyl (C=O) groups is 1. The van der Waals surface area contributed by atoms with Crippen molar-refractivity contribution in [2.75, 3.05) is 16.8 Å². The lowest BCUT2D eigenvalue weighted by molar-refractivity contribution is 0.108. The van der Waals surface area contributed by atoms with Gasteiger partial charge in [0.25, 0.3) is 11.9 Å². The average molecular weight is 452 g/mol. The van der Waals surface area contributed by atoms with E-state index in [0.29, 0.717) is 25.2 Å². The molecule has 5 rings (SSSR count). The molecule has 2 amide bonds. The van der Waals surface area contributed by atoms with Crippen molar-refractivity contribution in [1.29, 1.82) is 0 Å². The lowest BCUT2D eigenvalue weighted by Crippen LogP contribution is -2.33. The Balaban J connectivity index is 1.44. The molecule has 1 aliphatic carbocycles. The summed E-state index contributed by atoms with van der Waals surface area (Å²) in [6.45, 7) is 0.500. The zero-order valence-electron chi connectivity index (χ0n) is 16.5. The second-order valence-electron chi connectivity index (χ2n) is 7.85. The van der Waals surface area contributed by atoms with Gasteiger partial charge in [-0.05, 0) is 37.1 Å². The smallest absolute Gasteiger partial charge is 0.319 e. The molecule has 1 saturated heterocycles. The van der Waals surface area contributed by atoms with Gasteiger partial charge in [-0.3, -0.25) is 0 Å². The van der Waals surface area contributed by atoms with Crippen molar-refractivity contribution in [2.24, 2.45) is 0 Å². The maximum absolute atomic E-state index is 14.4. The van der Waals surface area contributed by atoms with E-state index in [0.717, 1.165) is 22.7 Å². The molecule has 3 aromatic rings. The van der Waals surface area contributed by atoms with Crippen molar-refractivity contribution >= 4 is 23.2 Å². The van der Waals surface area contributed by atoms with Gasteiger partial charge in [-0.25, -0.2) is 31.9 Å². The number of hydrogen-bond acceptors (Lipinski definition) is 4. The van der Waals surface area contributed by atoms with Gasteiger partial charge < -0.3 is 15.5 Å². The first-order valence-electron chi connectivity index (χ1n) is 9.95. The van der Waals surface area contributed by atoms with Crippen LogP contribution in [0.5, 0.6) is 0 Å². The minimum Gasteiger partial charge on any atom is -0.349 e. The van der Waals surface area contributed by atoms with Crippen LogP contribution in [0, 0.1) is 17.6 Å². The van der Waals surface area contributed by atoms with E-state index in [-0.39, 0.29) is 16.9 Å². The van der Waals surface area contributed by atoms with E-state index in [1.807, 2.05) is 0 Å². The van der Waals surface area contributed by atoms with E-state index in [1.165, 1.54) is 6.20 Å². The number of alkyl halides is 2. The fourth-order valence-electron chi connectivity index (χ4n) is 3.97. The van der Waals surface area contributed by atoms with Crippen LogP contribution in [-0.4, -0.2) is 39.1 Å². The molecule has 1 unspecified atom stereocenters. The third kappa shape index (κ3) is 3.59. The van der Waals surface area contributed by atoms with E-state index < -0.39 is 48.0 Å². The van der Waals surface area contributed by atoms with Gasteiger partial charge in [-0.15, -0.1) is 5.10 Å². The summed E-state index contributed by atoms with van der Waals surface area (Å²) in [4.78, 5) is 18.1. The van der Waals surface area contributed by atoms with Crippen molar-refractivity contribution in [3.8, 4) is 0 Å². The first-order valence-corrected chi connectivity index (χ1v) is 9.95.